The number of primary amides is 1. The molecule has 0 unspecified atom stereocenters. The van der Waals surface area contributed by atoms with E-state index in [9.17, 15) is 9.59 Å². The van der Waals surface area contributed by atoms with Gasteiger partial charge in [-0.15, -0.1) is 0 Å². The van der Waals surface area contributed by atoms with Crippen molar-refractivity contribution in [2.45, 2.75) is 25.5 Å². The smallest absolute Gasteiger partial charge is 0.317 e. The van der Waals surface area contributed by atoms with Crippen molar-refractivity contribution in [2.24, 2.45) is 11.7 Å². The van der Waals surface area contributed by atoms with Gasteiger partial charge < -0.3 is 16.0 Å². The first-order valence-electron chi connectivity index (χ1n) is 8.01. The maximum Gasteiger partial charge on any atom is 0.317 e. The summed E-state index contributed by atoms with van der Waals surface area (Å²) in [5.41, 5.74) is 7.87. The van der Waals surface area contributed by atoms with Crippen molar-refractivity contribution in [3.8, 4) is 0 Å². The molecule has 3 N–H and O–H groups in total. The molecule has 0 atom stereocenters. The van der Waals surface area contributed by atoms with Gasteiger partial charge in [-0.2, -0.15) is 11.8 Å². The summed E-state index contributed by atoms with van der Waals surface area (Å²) in [5, 5.41) is 2.94. The van der Waals surface area contributed by atoms with Crippen molar-refractivity contribution in [2.75, 3.05) is 25.4 Å². The van der Waals surface area contributed by atoms with E-state index in [0.717, 1.165) is 11.5 Å². The van der Waals surface area contributed by atoms with Crippen LogP contribution in [0.2, 0.25) is 0 Å². The van der Waals surface area contributed by atoms with Gasteiger partial charge in [-0.1, -0.05) is 29.8 Å². The zero-order chi connectivity index (χ0) is 16.7. The van der Waals surface area contributed by atoms with Crippen LogP contribution in [-0.2, 0) is 10.5 Å². The molecular formula is C17H25N3O2S. The van der Waals surface area contributed by atoms with Crippen molar-refractivity contribution in [3.63, 3.8) is 0 Å². The van der Waals surface area contributed by atoms with Gasteiger partial charge in [0.15, 0.2) is 0 Å². The first-order valence-corrected chi connectivity index (χ1v) is 9.17. The molecule has 1 fully saturated rings. The summed E-state index contributed by atoms with van der Waals surface area (Å²) in [6.45, 7) is 3.95. The molecular weight excluding hydrogens is 310 g/mol. The molecule has 1 aromatic rings. The second-order valence-electron chi connectivity index (χ2n) is 5.93. The van der Waals surface area contributed by atoms with Gasteiger partial charge in [0, 0.05) is 37.1 Å². The number of likely N-dealkylation sites (tertiary alicyclic amines) is 1. The molecule has 23 heavy (non-hydrogen) atoms. The average Bonchev–Trinajstić information content (AvgIpc) is 2.56. The van der Waals surface area contributed by atoms with E-state index in [2.05, 4.69) is 36.5 Å². The Morgan fingerprint density at radius 3 is 2.52 bits per heavy atom. The number of nitrogens with two attached hydrogens (primary N) is 1. The van der Waals surface area contributed by atoms with Gasteiger partial charge in [-0.25, -0.2) is 4.79 Å². The summed E-state index contributed by atoms with van der Waals surface area (Å²) in [6.07, 6.45) is 1.34. The number of aryl methyl sites for hydroxylation is 1. The lowest BCUT2D eigenvalue weighted by Gasteiger charge is -2.30. The number of amides is 3. The lowest BCUT2D eigenvalue weighted by molar-refractivity contribution is -0.123. The fraction of sp³-hybridized carbons (Fsp3) is 0.529. The predicted molar refractivity (Wildman–Crippen MR) is 94.2 cm³/mol. The number of benzene rings is 1. The lowest BCUT2D eigenvalue weighted by Crippen LogP contribution is -2.46. The number of hydrogen-bond acceptors (Lipinski definition) is 3. The second-order valence-corrected chi connectivity index (χ2v) is 7.04. The van der Waals surface area contributed by atoms with Crippen LogP contribution < -0.4 is 11.1 Å². The summed E-state index contributed by atoms with van der Waals surface area (Å²) in [5.74, 6) is 1.51. The summed E-state index contributed by atoms with van der Waals surface area (Å²) in [4.78, 5) is 24.9. The molecule has 0 aromatic heterocycles. The van der Waals surface area contributed by atoms with Gasteiger partial charge in [0.1, 0.15) is 0 Å². The fourth-order valence-corrected chi connectivity index (χ4v) is 3.40. The quantitative estimate of drug-likeness (QED) is 0.782. The monoisotopic (exact) mass is 335 g/mol. The number of piperidine rings is 1. The number of nitrogens with zero attached hydrogens (tertiary/aromatic N) is 1. The molecule has 1 aromatic carbocycles. The van der Waals surface area contributed by atoms with E-state index >= 15 is 0 Å². The highest BCUT2D eigenvalue weighted by Gasteiger charge is 2.25. The molecule has 0 radical (unpaired) electrons. The zero-order valence-electron chi connectivity index (χ0n) is 13.6. The van der Waals surface area contributed by atoms with E-state index < -0.39 is 0 Å². The fourth-order valence-electron chi connectivity index (χ4n) is 2.58. The summed E-state index contributed by atoms with van der Waals surface area (Å²) in [6, 6.07) is 8.48. The number of rotatable bonds is 6. The van der Waals surface area contributed by atoms with E-state index in [0.29, 0.717) is 32.5 Å². The zero-order valence-corrected chi connectivity index (χ0v) is 14.4. The van der Waals surface area contributed by atoms with Crippen LogP contribution in [0.3, 0.4) is 0 Å². The average molecular weight is 335 g/mol. The van der Waals surface area contributed by atoms with Gasteiger partial charge >= 0.3 is 6.03 Å². The van der Waals surface area contributed by atoms with E-state index in [1.165, 1.54) is 11.1 Å². The van der Waals surface area contributed by atoms with Crippen molar-refractivity contribution in [1.29, 1.82) is 0 Å². The van der Waals surface area contributed by atoms with Gasteiger partial charge in [0.25, 0.3) is 0 Å². The van der Waals surface area contributed by atoms with Gasteiger partial charge in [-0.3, -0.25) is 4.79 Å². The topological polar surface area (TPSA) is 75.4 Å². The van der Waals surface area contributed by atoms with Crippen LogP contribution >= 0.6 is 11.8 Å². The first kappa shape index (κ1) is 17.7. The molecule has 0 spiro atoms. The third kappa shape index (κ3) is 5.78. The maximum atomic E-state index is 12.0. The number of urea groups is 1. The van der Waals surface area contributed by atoms with Crippen molar-refractivity contribution in [3.05, 3.63) is 35.4 Å². The summed E-state index contributed by atoms with van der Waals surface area (Å²) in [7, 11) is 0. The van der Waals surface area contributed by atoms with Crippen LogP contribution in [0.15, 0.2) is 24.3 Å². The molecule has 1 aliphatic heterocycles. The molecule has 126 valence electrons. The van der Waals surface area contributed by atoms with Crippen molar-refractivity contribution < 1.29 is 9.59 Å². The Balaban J connectivity index is 1.58. The van der Waals surface area contributed by atoms with E-state index in [4.69, 9.17) is 5.73 Å². The summed E-state index contributed by atoms with van der Waals surface area (Å²) >= 11 is 1.81. The molecule has 2 rings (SSSR count). The van der Waals surface area contributed by atoms with Crippen molar-refractivity contribution >= 4 is 23.7 Å². The number of nitrogens with one attached hydrogen (secondary N) is 1. The highest BCUT2D eigenvalue weighted by atomic mass is 32.2. The van der Waals surface area contributed by atoms with E-state index in [1.54, 1.807) is 4.90 Å². The van der Waals surface area contributed by atoms with E-state index in [1.807, 2.05) is 11.8 Å². The van der Waals surface area contributed by atoms with Gasteiger partial charge in [0.05, 0.1) is 0 Å². The molecule has 0 aliphatic carbocycles. The molecule has 5 nitrogen and oxygen atoms in total. The van der Waals surface area contributed by atoms with Crippen LogP contribution in [0.5, 0.6) is 0 Å². The standard InChI is InChI=1S/C17H25N3O2S/c1-13-2-4-14(5-3-13)12-23-11-8-19-17(22)20-9-6-15(7-10-20)16(18)21/h2-5,15H,6-12H2,1H3,(H2,18,21)(H,19,22). The third-order valence-corrected chi connectivity index (χ3v) is 5.13. The minimum absolute atomic E-state index is 0.0381. The number of thioether (sulfide) groups is 1. The molecule has 6 heteroatoms. The van der Waals surface area contributed by atoms with Crippen molar-refractivity contribution in [1.82, 2.24) is 10.2 Å². The lowest BCUT2D eigenvalue weighted by atomic mass is 9.96. The minimum atomic E-state index is -0.252. The minimum Gasteiger partial charge on any atom is -0.369 e. The SMILES string of the molecule is Cc1ccc(CSCCNC(=O)N2CCC(C(N)=O)CC2)cc1. The first-order chi connectivity index (χ1) is 11.1. The van der Waals surface area contributed by atoms with Crippen LogP contribution in [0.1, 0.15) is 24.0 Å². The summed E-state index contributed by atoms with van der Waals surface area (Å²) < 4.78 is 0. The Hall–Kier alpha value is -1.69. The Morgan fingerprint density at radius 2 is 1.91 bits per heavy atom. The molecule has 0 saturated carbocycles. The normalized spacial score (nSPS) is 15.4. The van der Waals surface area contributed by atoms with E-state index in [-0.39, 0.29) is 17.9 Å². The molecule has 1 saturated heterocycles. The number of carbonyl (C=O) groups is 2. The van der Waals surface area contributed by atoms with Gasteiger partial charge in [-0.05, 0) is 25.3 Å². The van der Waals surface area contributed by atoms with Crippen LogP contribution in [0.4, 0.5) is 4.79 Å². The highest BCUT2D eigenvalue weighted by molar-refractivity contribution is 7.98. The molecule has 1 aliphatic rings. The van der Waals surface area contributed by atoms with Gasteiger partial charge in [0.2, 0.25) is 5.91 Å². The Labute approximate surface area is 142 Å². The Bertz CT molecular complexity index is 525. The van der Waals surface area contributed by atoms with Crippen LogP contribution in [-0.4, -0.2) is 42.2 Å². The second kappa shape index (κ2) is 8.82. The Morgan fingerprint density at radius 1 is 1.26 bits per heavy atom. The molecule has 3 amide bonds. The third-order valence-electron chi connectivity index (χ3n) is 4.10. The predicted octanol–water partition coefficient (Wildman–Crippen LogP) is 2.14. The Kier molecular flexibility index (Phi) is 6.77. The highest BCUT2D eigenvalue weighted by Crippen LogP contribution is 2.16. The number of hydrogen-bond donors (Lipinski definition) is 2. The maximum absolute atomic E-state index is 12.0. The van der Waals surface area contributed by atoms with Crippen LogP contribution in [0, 0.1) is 12.8 Å². The molecule has 1 heterocycles. The largest absolute Gasteiger partial charge is 0.369 e. The molecule has 0 bridgehead atoms. The van der Waals surface area contributed by atoms with Crippen LogP contribution in [0.25, 0.3) is 0 Å². The number of carbonyl (C=O) groups excluding carboxylic acids is 2.